The van der Waals surface area contributed by atoms with Crippen LogP contribution in [0.1, 0.15) is 11.6 Å². The molecule has 1 aromatic carbocycles. The first-order valence-corrected chi connectivity index (χ1v) is 4.28. The van der Waals surface area contributed by atoms with Crippen molar-refractivity contribution in [3.05, 3.63) is 33.9 Å². The second kappa shape index (κ2) is 4.58. The van der Waals surface area contributed by atoms with Gasteiger partial charge in [-0.15, -0.1) is 0 Å². The molecule has 16 heavy (non-hydrogen) atoms. The van der Waals surface area contributed by atoms with Gasteiger partial charge in [0.05, 0.1) is 17.6 Å². The first-order valence-electron chi connectivity index (χ1n) is 4.28. The topological polar surface area (TPSA) is 116 Å². The smallest absolute Gasteiger partial charge is 0.325 e. The predicted octanol–water partition coefficient (Wildman–Crippen LogP) is 0.688. The quantitative estimate of drug-likeness (QED) is 0.576. The number of carboxylic acid groups (broad SMARTS) is 1. The Kier molecular flexibility index (Phi) is 3.41. The fraction of sp³-hybridized carbons (Fsp3) is 0.222. The molecule has 0 aliphatic rings. The molecule has 0 aromatic heterocycles. The van der Waals surface area contributed by atoms with Crippen molar-refractivity contribution >= 4 is 11.7 Å². The van der Waals surface area contributed by atoms with Gasteiger partial charge in [0.25, 0.3) is 0 Å². The number of aliphatic carboxylic acids is 1. The molecule has 0 fully saturated rings. The standard InChI is InChI=1S/C9H10N2O5/c1-16-6-4-2-3-5(7(10)9(12)13)8(6)11(14)15/h2-4,7H,10H2,1H3,(H,12,13)/t7-/m0/s1. The molecule has 3 N–H and O–H groups in total. The number of nitrogens with two attached hydrogens (primary N) is 1. The summed E-state index contributed by atoms with van der Waals surface area (Å²) in [6, 6.07) is 2.66. The number of nitrogens with zero attached hydrogens (tertiary/aromatic N) is 1. The number of para-hydroxylation sites is 1. The zero-order valence-electron chi connectivity index (χ0n) is 8.41. The van der Waals surface area contributed by atoms with Gasteiger partial charge in [-0.05, 0) is 12.1 Å². The molecule has 0 saturated carbocycles. The number of hydrogen-bond donors (Lipinski definition) is 2. The molecule has 0 unspecified atom stereocenters. The van der Waals surface area contributed by atoms with E-state index in [0.29, 0.717) is 0 Å². The number of rotatable bonds is 4. The van der Waals surface area contributed by atoms with Gasteiger partial charge in [-0.1, -0.05) is 6.07 Å². The summed E-state index contributed by atoms with van der Waals surface area (Å²) < 4.78 is 4.79. The first-order chi connectivity index (χ1) is 7.49. The third kappa shape index (κ3) is 2.09. The van der Waals surface area contributed by atoms with Crippen molar-refractivity contribution in [1.29, 1.82) is 0 Å². The van der Waals surface area contributed by atoms with Gasteiger partial charge in [-0.25, -0.2) is 0 Å². The van der Waals surface area contributed by atoms with E-state index in [1.807, 2.05) is 0 Å². The highest BCUT2D eigenvalue weighted by molar-refractivity contribution is 5.78. The fourth-order valence-corrected chi connectivity index (χ4v) is 1.28. The van der Waals surface area contributed by atoms with Gasteiger partial charge in [0.15, 0.2) is 5.75 Å². The number of hydrogen-bond acceptors (Lipinski definition) is 5. The number of methoxy groups -OCH3 is 1. The molecule has 1 rings (SSSR count). The largest absolute Gasteiger partial charge is 0.490 e. The summed E-state index contributed by atoms with van der Waals surface area (Å²) in [6.07, 6.45) is 0. The average molecular weight is 226 g/mol. The Morgan fingerprint density at radius 3 is 2.69 bits per heavy atom. The Morgan fingerprint density at radius 2 is 2.25 bits per heavy atom. The average Bonchev–Trinajstić information content (AvgIpc) is 2.26. The highest BCUT2D eigenvalue weighted by atomic mass is 16.6. The van der Waals surface area contributed by atoms with Crippen molar-refractivity contribution in [3.8, 4) is 5.75 Å². The lowest BCUT2D eigenvalue weighted by atomic mass is 10.1. The maximum Gasteiger partial charge on any atom is 0.325 e. The van der Waals surface area contributed by atoms with E-state index in [1.54, 1.807) is 0 Å². The highest BCUT2D eigenvalue weighted by Crippen LogP contribution is 2.33. The minimum Gasteiger partial charge on any atom is -0.490 e. The molecule has 7 heteroatoms. The molecule has 0 bridgehead atoms. The van der Waals surface area contributed by atoms with Crippen LogP contribution in [0, 0.1) is 10.1 Å². The lowest BCUT2D eigenvalue weighted by Crippen LogP contribution is -2.21. The van der Waals surface area contributed by atoms with Gasteiger partial charge in [0, 0.05) is 0 Å². The van der Waals surface area contributed by atoms with E-state index in [9.17, 15) is 14.9 Å². The molecule has 0 aliphatic heterocycles. The zero-order valence-corrected chi connectivity index (χ0v) is 8.41. The molecule has 0 heterocycles. The molecule has 7 nitrogen and oxygen atoms in total. The summed E-state index contributed by atoms with van der Waals surface area (Å²) in [5.41, 5.74) is 4.84. The van der Waals surface area contributed by atoms with Crippen molar-refractivity contribution < 1.29 is 19.6 Å². The monoisotopic (exact) mass is 226 g/mol. The molecule has 0 spiro atoms. The number of carbonyl (C=O) groups is 1. The Balaban J connectivity index is 3.38. The molecular formula is C9H10N2O5. The van der Waals surface area contributed by atoms with Crippen LogP contribution in [-0.2, 0) is 4.79 Å². The molecule has 1 aromatic rings. The minimum atomic E-state index is -1.45. The van der Waals surface area contributed by atoms with Gasteiger partial charge in [0.2, 0.25) is 0 Å². The van der Waals surface area contributed by atoms with E-state index in [4.69, 9.17) is 15.6 Å². The van der Waals surface area contributed by atoms with E-state index in [2.05, 4.69) is 0 Å². The molecule has 0 radical (unpaired) electrons. The van der Waals surface area contributed by atoms with Crippen LogP contribution in [0.25, 0.3) is 0 Å². The Labute approximate surface area is 90.6 Å². The van der Waals surface area contributed by atoms with Crippen LogP contribution in [0.15, 0.2) is 18.2 Å². The SMILES string of the molecule is COc1cccc([C@H](N)C(=O)O)c1[N+](=O)[O-]. The highest BCUT2D eigenvalue weighted by Gasteiger charge is 2.27. The van der Waals surface area contributed by atoms with Crippen LogP contribution >= 0.6 is 0 Å². The summed E-state index contributed by atoms with van der Waals surface area (Å²) in [4.78, 5) is 20.8. The zero-order chi connectivity index (χ0) is 12.3. The summed E-state index contributed by atoms with van der Waals surface area (Å²) in [7, 11) is 1.26. The maximum absolute atomic E-state index is 10.8. The first kappa shape index (κ1) is 11.9. The Bertz CT molecular complexity index is 432. The number of benzene rings is 1. The number of ether oxygens (including phenoxy) is 1. The molecule has 86 valence electrons. The maximum atomic E-state index is 10.8. The van der Waals surface area contributed by atoms with Gasteiger partial charge in [0.1, 0.15) is 6.04 Å². The number of nitro benzene ring substituents is 1. The fourth-order valence-electron chi connectivity index (χ4n) is 1.28. The van der Waals surface area contributed by atoms with Crippen LogP contribution in [-0.4, -0.2) is 23.1 Å². The summed E-state index contributed by atoms with van der Waals surface area (Å²) in [6.45, 7) is 0. The van der Waals surface area contributed by atoms with Crippen molar-refractivity contribution in [1.82, 2.24) is 0 Å². The summed E-state index contributed by atoms with van der Waals surface area (Å²) in [5, 5.41) is 19.5. The molecule has 0 amide bonds. The van der Waals surface area contributed by atoms with Gasteiger partial charge >= 0.3 is 11.7 Å². The van der Waals surface area contributed by atoms with E-state index in [0.717, 1.165) is 0 Å². The molecule has 0 aliphatic carbocycles. The third-order valence-electron chi connectivity index (χ3n) is 2.03. The van der Waals surface area contributed by atoms with Crippen LogP contribution in [0.4, 0.5) is 5.69 Å². The second-order valence-corrected chi connectivity index (χ2v) is 2.97. The van der Waals surface area contributed by atoms with Gasteiger partial charge < -0.3 is 15.6 Å². The van der Waals surface area contributed by atoms with Crippen molar-refractivity contribution in [2.24, 2.45) is 5.73 Å². The van der Waals surface area contributed by atoms with Gasteiger partial charge in [-0.2, -0.15) is 0 Å². The van der Waals surface area contributed by atoms with Crippen molar-refractivity contribution in [2.75, 3.05) is 7.11 Å². The number of nitro groups is 1. The van der Waals surface area contributed by atoms with Crippen LogP contribution in [0.3, 0.4) is 0 Å². The summed E-state index contributed by atoms with van der Waals surface area (Å²) >= 11 is 0. The summed E-state index contributed by atoms with van der Waals surface area (Å²) in [5.74, 6) is -1.35. The van der Waals surface area contributed by atoms with E-state index < -0.39 is 22.6 Å². The number of carboxylic acids is 1. The van der Waals surface area contributed by atoms with Crippen LogP contribution < -0.4 is 10.5 Å². The van der Waals surface area contributed by atoms with Gasteiger partial charge in [-0.3, -0.25) is 14.9 Å². The lowest BCUT2D eigenvalue weighted by Gasteiger charge is -2.09. The minimum absolute atomic E-state index is 0.0146. The van der Waals surface area contributed by atoms with E-state index >= 15 is 0 Å². The van der Waals surface area contributed by atoms with E-state index in [1.165, 1.54) is 25.3 Å². The van der Waals surface area contributed by atoms with Crippen LogP contribution in [0.5, 0.6) is 5.75 Å². The molecular weight excluding hydrogens is 216 g/mol. The molecule has 1 atom stereocenters. The van der Waals surface area contributed by atoms with E-state index in [-0.39, 0.29) is 11.3 Å². The Hall–Kier alpha value is -2.15. The van der Waals surface area contributed by atoms with Crippen LogP contribution in [0.2, 0.25) is 0 Å². The normalized spacial score (nSPS) is 11.9. The third-order valence-corrected chi connectivity index (χ3v) is 2.03. The predicted molar refractivity (Wildman–Crippen MR) is 54.2 cm³/mol. The Morgan fingerprint density at radius 1 is 1.62 bits per heavy atom. The second-order valence-electron chi connectivity index (χ2n) is 2.97. The lowest BCUT2D eigenvalue weighted by molar-refractivity contribution is -0.386. The molecule has 0 saturated heterocycles. The van der Waals surface area contributed by atoms with Crippen molar-refractivity contribution in [3.63, 3.8) is 0 Å². The van der Waals surface area contributed by atoms with Crippen molar-refractivity contribution in [2.45, 2.75) is 6.04 Å².